The highest BCUT2D eigenvalue weighted by Crippen LogP contribution is 2.35. The van der Waals surface area contributed by atoms with Crippen molar-refractivity contribution in [2.45, 2.75) is 70.0 Å². The summed E-state index contributed by atoms with van der Waals surface area (Å²) >= 11 is 1.72. The summed E-state index contributed by atoms with van der Waals surface area (Å²) in [4.78, 5) is 17.1. The van der Waals surface area contributed by atoms with Crippen LogP contribution in [0.1, 0.15) is 77.6 Å². The molecule has 0 radical (unpaired) electrons. The van der Waals surface area contributed by atoms with Crippen molar-refractivity contribution in [2.24, 2.45) is 0 Å². The normalized spacial score (nSPS) is 23.8. The summed E-state index contributed by atoms with van der Waals surface area (Å²) in [5.74, 6) is 0.625. The molecule has 0 bridgehead atoms. The molecule has 156 valence electrons. The molecule has 1 aliphatic carbocycles. The van der Waals surface area contributed by atoms with E-state index in [0.717, 1.165) is 48.6 Å². The minimum absolute atomic E-state index is 0.0572. The number of hydrogen-bond donors (Lipinski definition) is 3. The van der Waals surface area contributed by atoms with Crippen LogP contribution < -0.4 is 16.0 Å². The fourth-order valence-electron chi connectivity index (χ4n) is 4.60. The second-order valence-corrected chi connectivity index (χ2v) is 9.57. The third-order valence-electron chi connectivity index (χ3n) is 6.32. The Hall–Kier alpha value is -1.76. The molecule has 0 spiro atoms. The van der Waals surface area contributed by atoms with Crippen LogP contribution in [-0.2, 0) is 0 Å². The Bertz CT molecular complexity index is 813. The van der Waals surface area contributed by atoms with Crippen LogP contribution in [-0.4, -0.2) is 36.1 Å². The van der Waals surface area contributed by atoms with Crippen molar-refractivity contribution in [1.82, 2.24) is 20.9 Å². The molecule has 6 heteroatoms. The minimum atomic E-state index is 0.0572. The Labute approximate surface area is 177 Å². The van der Waals surface area contributed by atoms with E-state index in [1.54, 1.807) is 11.3 Å². The monoisotopic (exact) mass is 412 g/mol. The van der Waals surface area contributed by atoms with Crippen molar-refractivity contribution < 1.29 is 4.79 Å². The fourth-order valence-corrected chi connectivity index (χ4v) is 5.30. The first-order valence-electron chi connectivity index (χ1n) is 10.9. The van der Waals surface area contributed by atoms with Crippen LogP contribution in [0.2, 0.25) is 0 Å². The molecule has 1 saturated heterocycles. The molecular weight excluding hydrogens is 380 g/mol. The van der Waals surface area contributed by atoms with Crippen molar-refractivity contribution in [2.75, 3.05) is 13.1 Å². The summed E-state index contributed by atoms with van der Waals surface area (Å²) < 4.78 is 0. The van der Waals surface area contributed by atoms with Gasteiger partial charge in [-0.1, -0.05) is 12.1 Å². The van der Waals surface area contributed by atoms with E-state index in [4.69, 9.17) is 0 Å². The molecular formula is C23H32N4OS. The molecule has 1 saturated carbocycles. The lowest BCUT2D eigenvalue weighted by atomic mass is 9.96. The van der Waals surface area contributed by atoms with E-state index in [9.17, 15) is 4.79 Å². The number of carbonyl (C=O) groups excluding carboxylic acids is 1. The second kappa shape index (κ2) is 9.37. The Kier molecular flexibility index (Phi) is 6.63. The average Bonchev–Trinajstić information content (AvgIpc) is 3.38. The quantitative estimate of drug-likeness (QED) is 0.673. The molecule has 3 atom stereocenters. The van der Waals surface area contributed by atoms with Gasteiger partial charge in [0, 0.05) is 29.1 Å². The van der Waals surface area contributed by atoms with Gasteiger partial charge < -0.3 is 16.0 Å². The van der Waals surface area contributed by atoms with E-state index in [2.05, 4.69) is 52.3 Å². The third-order valence-corrected chi connectivity index (χ3v) is 7.11. The standard InChI is InChI=1S/C23H32N4OS/c1-15(22-14-29-16(2)26-22)25-21-8-7-19(13-21)17-3-5-18(6-4-17)23(28)27-20-9-11-24-12-10-20/h3-6,14-15,19-21,24-25H,7-13H2,1-2H3,(H,27,28)/t15-,19?,21+/m1/s1. The predicted octanol–water partition coefficient (Wildman–Crippen LogP) is 3.92. The van der Waals surface area contributed by atoms with Gasteiger partial charge in [-0.3, -0.25) is 4.79 Å². The number of hydrogen-bond acceptors (Lipinski definition) is 5. The molecule has 1 aliphatic heterocycles. The zero-order valence-corrected chi connectivity index (χ0v) is 18.2. The summed E-state index contributed by atoms with van der Waals surface area (Å²) in [6.45, 7) is 6.24. The first-order chi connectivity index (χ1) is 14.1. The molecule has 1 amide bonds. The zero-order chi connectivity index (χ0) is 20.2. The number of aryl methyl sites for hydroxylation is 1. The lowest BCUT2D eigenvalue weighted by Crippen LogP contribution is -2.42. The van der Waals surface area contributed by atoms with Gasteiger partial charge in [0.2, 0.25) is 0 Å². The zero-order valence-electron chi connectivity index (χ0n) is 17.4. The van der Waals surface area contributed by atoms with Gasteiger partial charge in [-0.2, -0.15) is 0 Å². The topological polar surface area (TPSA) is 66.0 Å². The fraction of sp³-hybridized carbons (Fsp3) is 0.565. The lowest BCUT2D eigenvalue weighted by Gasteiger charge is -2.23. The smallest absolute Gasteiger partial charge is 0.251 e. The van der Waals surface area contributed by atoms with Crippen LogP contribution in [0.25, 0.3) is 0 Å². The van der Waals surface area contributed by atoms with Crippen molar-refractivity contribution in [3.63, 3.8) is 0 Å². The third kappa shape index (κ3) is 5.24. The molecule has 29 heavy (non-hydrogen) atoms. The van der Waals surface area contributed by atoms with Gasteiger partial charge in [0.15, 0.2) is 0 Å². The number of carbonyl (C=O) groups is 1. The summed E-state index contributed by atoms with van der Waals surface area (Å²) in [6, 6.07) is 9.41. The van der Waals surface area contributed by atoms with Gasteiger partial charge >= 0.3 is 0 Å². The van der Waals surface area contributed by atoms with Gasteiger partial charge in [-0.25, -0.2) is 4.98 Å². The number of benzene rings is 1. The van der Waals surface area contributed by atoms with Crippen molar-refractivity contribution >= 4 is 17.2 Å². The first-order valence-corrected chi connectivity index (χ1v) is 11.8. The number of nitrogens with one attached hydrogen (secondary N) is 3. The number of rotatable bonds is 6. The molecule has 1 aromatic heterocycles. The van der Waals surface area contributed by atoms with Crippen LogP contribution in [0.3, 0.4) is 0 Å². The van der Waals surface area contributed by atoms with Crippen molar-refractivity contribution in [1.29, 1.82) is 0 Å². The molecule has 2 aromatic rings. The molecule has 2 fully saturated rings. The van der Waals surface area contributed by atoms with Gasteiger partial charge in [0.1, 0.15) is 0 Å². The Morgan fingerprint density at radius 1 is 1.14 bits per heavy atom. The van der Waals surface area contributed by atoms with E-state index < -0.39 is 0 Å². The number of nitrogens with zero attached hydrogens (tertiary/aromatic N) is 1. The molecule has 2 heterocycles. The van der Waals surface area contributed by atoms with Crippen LogP contribution in [0, 0.1) is 6.92 Å². The maximum atomic E-state index is 12.5. The first kappa shape index (κ1) is 20.5. The van der Waals surface area contributed by atoms with Crippen LogP contribution in [0.5, 0.6) is 0 Å². The van der Waals surface area contributed by atoms with E-state index in [1.165, 1.54) is 18.4 Å². The van der Waals surface area contributed by atoms with Crippen LogP contribution in [0.4, 0.5) is 0 Å². The average molecular weight is 413 g/mol. The predicted molar refractivity (Wildman–Crippen MR) is 119 cm³/mol. The molecule has 4 rings (SSSR count). The van der Waals surface area contributed by atoms with Crippen molar-refractivity contribution in [3.05, 3.63) is 51.5 Å². The van der Waals surface area contributed by atoms with E-state index in [-0.39, 0.29) is 5.91 Å². The highest BCUT2D eigenvalue weighted by molar-refractivity contribution is 7.09. The Balaban J connectivity index is 1.29. The van der Waals surface area contributed by atoms with Gasteiger partial charge in [0.25, 0.3) is 5.91 Å². The van der Waals surface area contributed by atoms with E-state index in [0.29, 0.717) is 24.0 Å². The summed E-state index contributed by atoms with van der Waals surface area (Å²) in [7, 11) is 0. The molecule has 1 aromatic carbocycles. The maximum Gasteiger partial charge on any atom is 0.251 e. The SMILES string of the molecule is Cc1nc([C@@H](C)N[C@H]2CCC(c3ccc(C(=O)NC4CCNCC4)cc3)C2)cs1. The number of thiazole rings is 1. The molecule has 2 aliphatic rings. The van der Waals surface area contributed by atoms with Crippen LogP contribution in [0.15, 0.2) is 29.6 Å². The maximum absolute atomic E-state index is 12.5. The summed E-state index contributed by atoms with van der Waals surface area (Å²) in [5.41, 5.74) is 3.28. The summed E-state index contributed by atoms with van der Waals surface area (Å²) in [5, 5.41) is 13.6. The van der Waals surface area contributed by atoms with Crippen LogP contribution >= 0.6 is 11.3 Å². The van der Waals surface area contributed by atoms with Gasteiger partial charge in [-0.05, 0) is 82.7 Å². The largest absolute Gasteiger partial charge is 0.349 e. The molecule has 3 N–H and O–H groups in total. The minimum Gasteiger partial charge on any atom is -0.349 e. The lowest BCUT2D eigenvalue weighted by molar-refractivity contribution is 0.0929. The Morgan fingerprint density at radius 2 is 1.90 bits per heavy atom. The highest BCUT2D eigenvalue weighted by Gasteiger charge is 2.27. The van der Waals surface area contributed by atoms with Crippen molar-refractivity contribution in [3.8, 4) is 0 Å². The van der Waals surface area contributed by atoms with E-state index >= 15 is 0 Å². The molecule has 5 nitrogen and oxygen atoms in total. The van der Waals surface area contributed by atoms with Gasteiger partial charge in [0.05, 0.1) is 10.7 Å². The second-order valence-electron chi connectivity index (χ2n) is 8.51. The number of piperidine rings is 1. The highest BCUT2D eigenvalue weighted by atomic mass is 32.1. The van der Waals surface area contributed by atoms with Gasteiger partial charge in [-0.15, -0.1) is 11.3 Å². The number of aromatic nitrogens is 1. The summed E-state index contributed by atoms with van der Waals surface area (Å²) in [6.07, 6.45) is 5.56. The van der Waals surface area contributed by atoms with E-state index in [1.807, 2.05) is 12.1 Å². The Morgan fingerprint density at radius 3 is 2.59 bits per heavy atom. The molecule has 1 unspecified atom stereocenters. The number of amides is 1.